The topological polar surface area (TPSA) is 110 Å². The smallest absolute Gasteiger partial charge is 0.243 e. The number of rotatable bonds is 6. The van der Waals surface area contributed by atoms with E-state index >= 15 is 0 Å². The van der Waals surface area contributed by atoms with Gasteiger partial charge in [0.15, 0.2) is 0 Å². The average molecular weight is 331 g/mol. The first kappa shape index (κ1) is 16.5. The van der Waals surface area contributed by atoms with Gasteiger partial charge in [0.05, 0.1) is 12.4 Å². The third-order valence-electron chi connectivity index (χ3n) is 3.85. The molecule has 2 rings (SSSR count). The first-order valence-corrected chi connectivity index (χ1v) is 9.56. The lowest BCUT2D eigenvalue weighted by Crippen LogP contribution is -2.41. The maximum atomic E-state index is 12.3. The molecule has 118 valence electrons. The summed E-state index contributed by atoms with van der Waals surface area (Å²) in [7, 11) is -3.59. The molecule has 0 amide bonds. The second kappa shape index (κ2) is 6.91. The Morgan fingerprint density at radius 1 is 1.29 bits per heavy atom. The Morgan fingerprint density at radius 3 is 2.43 bits per heavy atom. The van der Waals surface area contributed by atoms with Crippen molar-refractivity contribution in [1.29, 1.82) is 0 Å². The molecule has 4 N–H and O–H groups in total. The van der Waals surface area contributed by atoms with Crippen molar-refractivity contribution in [3.63, 3.8) is 0 Å². The van der Waals surface area contributed by atoms with Gasteiger partial charge in [0, 0.05) is 11.3 Å². The molecule has 1 fully saturated rings. The molecule has 0 spiro atoms. The number of nitrogens with zero attached hydrogens (tertiary/aromatic N) is 2. The van der Waals surface area contributed by atoms with E-state index in [1.807, 2.05) is 6.26 Å². The van der Waals surface area contributed by atoms with E-state index in [0.29, 0.717) is 6.54 Å². The van der Waals surface area contributed by atoms with Gasteiger partial charge >= 0.3 is 0 Å². The summed E-state index contributed by atoms with van der Waals surface area (Å²) in [5.41, 5.74) is 2.26. The van der Waals surface area contributed by atoms with Gasteiger partial charge in [-0.25, -0.2) is 29.0 Å². The molecule has 1 heterocycles. The number of hydrogen-bond acceptors (Lipinski definition) is 7. The summed E-state index contributed by atoms with van der Waals surface area (Å²) < 4.78 is 27.3. The molecule has 1 aliphatic carbocycles. The van der Waals surface area contributed by atoms with E-state index in [1.165, 1.54) is 18.8 Å². The first-order valence-electron chi connectivity index (χ1n) is 6.85. The van der Waals surface area contributed by atoms with Crippen LogP contribution in [0.4, 0.5) is 5.95 Å². The largest absolute Gasteiger partial charge is 0.292 e. The standard InChI is InChI=1S/C12H21N5O2S2/c1-20-12(5-3-2-4-6-12)9-16-21(18,19)10-7-14-11(17-13)15-8-10/h7-8,16H,2-6,9,13H2,1H3,(H,14,15,17). The molecule has 0 radical (unpaired) electrons. The Morgan fingerprint density at radius 2 is 1.90 bits per heavy atom. The second-order valence-electron chi connectivity index (χ2n) is 5.16. The quantitative estimate of drug-likeness (QED) is 0.529. The van der Waals surface area contributed by atoms with E-state index in [-0.39, 0.29) is 15.6 Å². The van der Waals surface area contributed by atoms with Gasteiger partial charge in [-0.05, 0) is 19.1 Å². The normalized spacial score (nSPS) is 18.4. The number of nitrogens with one attached hydrogen (secondary N) is 2. The Labute approximate surface area is 129 Å². The van der Waals surface area contributed by atoms with Gasteiger partial charge in [0.1, 0.15) is 4.90 Å². The number of hydrazine groups is 1. The minimum Gasteiger partial charge on any atom is -0.292 e. The molecule has 1 aliphatic rings. The molecule has 0 atom stereocenters. The molecular weight excluding hydrogens is 310 g/mol. The molecule has 7 nitrogen and oxygen atoms in total. The van der Waals surface area contributed by atoms with Crippen LogP contribution in [0.1, 0.15) is 32.1 Å². The van der Waals surface area contributed by atoms with Crippen LogP contribution in [-0.4, -0.2) is 35.9 Å². The van der Waals surface area contributed by atoms with Crippen molar-refractivity contribution < 1.29 is 8.42 Å². The number of thioether (sulfide) groups is 1. The van der Waals surface area contributed by atoms with Crippen LogP contribution < -0.4 is 16.0 Å². The van der Waals surface area contributed by atoms with Crippen LogP contribution in [0, 0.1) is 0 Å². The molecule has 0 bridgehead atoms. The van der Waals surface area contributed by atoms with Crippen molar-refractivity contribution in [2.75, 3.05) is 18.2 Å². The highest BCUT2D eigenvalue weighted by Crippen LogP contribution is 2.38. The van der Waals surface area contributed by atoms with Crippen LogP contribution in [0.15, 0.2) is 17.3 Å². The van der Waals surface area contributed by atoms with Crippen molar-refractivity contribution in [3.05, 3.63) is 12.4 Å². The Kier molecular flexibility index (Phi) is 5.42. The van der Waals surface area contributed by atoms with Crippen molar-refractivity contribution in [1.82, 2.24) is 14.7 Å². The number of nitrogen functional groups attached to an aromatic ring is 1. The van der Waals surface area contributed by atoms with Gasteiger partial charge in [-0.2, -0.15) is 11.8 Å². The highest BCUT2D eigenvalue weighted by Gasteiger charge is 2.32. The summed E-state index contributed by atoms with van der Waals surface area (Å²) in [4.78, 5) is 7.70. The lowest BCUT2D eigenvalue weighted by Gasteiger charge is -2.35. The van der Waals surface area contributed by atoms with Gasteiger partial charge in [0.2, 0.25) is 16.0 Å². The molecule has 1 aromatic heterocycles. The lowest BCUT2D eigenvalue weighted by atomic mass is 9.88. The van der Waals surface area contributed by atoms with Crippen molar-refractivity contribution >= 4 is 27.7 Å². The van der Waals surface area contributed by atoms with Gasteiger partial charge < -0.3 is 0 Å². The van der Waals surface area contributed by atoms with E-state index in [9.17, 15) is 8.42 Å². The highest BCUT2D eigenvalue weighted by molar-refractivity contribution is 8.00. The summed E-state index contributed by atoms with van der Waals surface area (Å²) in [6.07, 6.45) is 10.2. The maximum Gasteiger partial charge on any atom is 0.243 e. The monoisotopic (exact) mass is 331 g/mol. The fraction of sp³-hybridized carbons (Fsp3) is 0.667. The summed E-state index contributed by atoms with van der Waals surface area (Å²) in [5, 5.41) is 0. The number of nitrogens with two attached hydrogens (primary N) is 1. The Hall–Kier alpha value is -0.900. The van der Waals surface area contributed by atoms with Crippen LogP contribution in [-0.2, 0) is 10.0 Å². The zero-order valence-corrected chi connectivity index (χ0v) is 13.6. The molecule has 9 heteroatoms. The van der Waals surface area contributed by atoms with E-state index in [4.69, 9.17) is 5.84 Å². The maximum absolute atomic E-state index is 12.3. The zero-order chi connectivity index (χ0) is 15.3. The molecule has 0 aliphatic heterocycles. The number of sulfonamides is 1. The Bertz CT molecular complexity index is 556. The molecule has 0 saturated heterocycles. The molecule has 21 heavy (non-hydrogen) atoms. The summed E-state index contributed by atoms with van der Waals surface area (Å²) in [6, 6.07) is 0. The predicted molar refractivity (Wildman–Crippen MR) is 84.4 cm³/mol. The van der Waals surface area contributed by atoms with Crippen LogP contribution in [0.2, 0.25) is 0 Å². The predicted octanol–water partition coefficient (Wildman–Crippen LogP) is 1.11. The van der Waals surface area contributed by atoms with Crippen molar-refractivity contribution in [2.45, 2.75) is 41.7 Å². The van der Waals surface area contributed by atoms with E-state index in [2.05, 4.69) is 20.1 Å². The van der Waals surface area contributed by atoms with E-state index in [0.717, 1.165) is 25.7 Å². The molecular formula is C12H21N5O2S2. The molecule has 1 aromatic rings. The first-order chi connectivity index (χ1) is 10.0. The van der Waals surface area contributed by atoms with Crippen LogP contribution in [0.5, 0.6) is 0 Å². The molecule has 0 aromatic carbocycles. The summed E-state index contributed by atoms with van der Waals surface area (Å²) >= 11 is 1.75. The zero-order valence-electron chi connectivity index (χ0n) is 12.0. The van der Waals surface area contributed by atoms with E-state index in [1.54, 1.807) is 11.8 Å². The summed E-state index contributed by atoms with van der Waals surface area (Å²) in [5.74, 6) is 5.34. The number of aromatic nitrogens is 2. The van der Waals surface area contributed by atoms with E-state index < -0.39 is 10.0 Å². The van der Waals surface area contributed by atoms with Crippen LogP contribution in [0.25, 0.3) is 0 Å². The highest BCUT2D eigenvalue weighted by atomic mass is 32.2. The minimum absolute atomic E-state index is 0.00489. The Balaban J connectivity index is 2.06. The fourth-order valence-electron chi connectivity index (χ4n) is 2.49. The molecule has 1 saturated carbocycles. The fourth-order valence-corrected chi connectivity index (χ4v) is 4.51. The SMILES string of the molecule is CSC1(CNS(=O)(=O)c2cnc(NN)nc2)CCCCC1. The van der Waals surface area contributed by atoms with Gasteiger partial charge in [-0.1, -0.05) is 19.3 Å². The lowest BCUT2D eigenvalue weighted by molar-refractivity contribution is 0.395. The average Bonchev–Trinajstić information content (AvgIpc) is 2.54. The van der Waals surface area contributed by atoms with Gasteiger partial charge in [-0.15, -0.1) is 0 Å². The number of hydrogen-bond donors (Lipinski definition) is 3. The molecule has 0 unspecified atom stereocenters. The third-order valence-corrected chi connectivity index (χ3v) is 6.62. The minimum atomic E-state index is -3.59. The second-order valence-corrected chi connectivity index (χ2v) is 8.20. The van der Waals surface area contributed by atoms with Crippen molar-refractivity contribution in [3.8, 4) is 0 Å². The van der Waals surface area contributed by atoms with Crippen LogP contribution >= 0.6 is 11.8 Å². The van der Waals surface area contributed by atoms with Gasteiger partial charge in [-0.3, -0.25) is 5.43 Å². The van der Waals surface area contributed by atoms with Crippen molar-refractivity contribution in [2.24, 2.45) is 5.84 Å². The summed E-state index contributed by atoms with van der Waals surface area (Å²) in [6.45, 7) is 0.438. The van der Waals surface area contributed by atoms with Crippen LogP contribution in [0.3, 0.4) is 0 Å². The van der Waals surface area contributed by atoms with Gasteiger partial charge in [0.25, 0.3) is 0 Å². The third kappa shape index (κ3) is 4.06. The number of anilines is 1.